The van der Waals surface area contributed by atoms with Crippen molar-refractivity contribution in [1.29, 1.82) is 0 Å². The molecule has 1 aliphatic carbocycles. The zero-order chi connectivity index (χ0) is 19.2. The van der Waals surface area contributed by atoms with Crippen LogP contribution in [0.3, 0.4) is 0 Å². The van der Waals surface area contributed by atoms with Crippen LogP contribution in [-0.2, 0) is 4.79 Å². The average molecular weight is 376 g/mol. The predicted octanol–water partition coefficient (Wildman–Crippen LogP) is 2.49. The van der Waals surface area contributed by atoms with E-state index in [4.69, 9.17) is 0 Å². The number of halogens is 1. The van der Waals surface area contributed by atoms with Gasteiger partial charge in [0.1, 0.15) is 5.82 Å². The molecule has 0 radical (unpaired) electrons. The summed E-state index contributed by atoms with van der Waals surface area (Å²) >= 11 is 0. The van der Waals surface area contributed by atoms with Crippen LogP contribution in [0.5, 0.6) is 0 Å². The Morgan fingerprint density at radius 2 is 1.67 bits per heavy atom. The van der Waals surface area contributed by atoms with Crippen LogP contribution in [0.2, 0.25) is 0 Å². The molecule has 148 valence electrons. The van der Waals surface area contributed by atoms with Gasteiger partial charge in [0.25, 0.3) is 0 Å². The number of anilines is 1. The van der Waals surface area contributed by atoms with E-state index in [2.05, 4.69) is 20.4 Å². The van der Waals surface area contributed by atoms with Gasteiger partial charge in [-0.05, 0) is 44.0 Å². The molecule has 1 aromatic carbocycles. The lowest BCUT2D eigenvalue weighted by Crippen LogP contribution is -2.56. The molecule has 2 N–H and O–H groups in total. The Morgan fingerprint density at radius 3 is 2.30 bits per heavy atom. The highest BCUT2D eigenvalue weighted by Gasteiger charge is 2.27. The second-order valence-corrected chi connectivity index (χ2v) is 7.47. The van der Waals surface area contributed by atoms with Gasteiger partial charge in [0.2, 0.25) is 5.91 Å². The number of nitrogens with zero attached hydrogens (tertiary/aromatic N) is 2. The van der Waals surface area contributed by atoms with Crippen molar-refractivity contribution in [3.8, 4) is 0 Å². The summed E-state index contributed by atoms with van der Waals surface area (Å²) in [6.07, 6.45) is 5.46. The number of carbonyl (C=O) groups excluding carboxylic acids is 2. The smallest absolute Gasteiger partial charge is 0.321 e. The minimum absolute atomic E-state index is 0.182. The first-order valence-corrected chi connectivity index (χ1v) is 9.89. The molecule has 2 fully saturated rings. The molecule has 3 amide bonds. The topological polar surface area (TPSA) is 64.7 Å². The quantitative estimate of drug-likeness (QED) is 0.847. The number of hydrogen-bond donors (Lipinski definition) is 2. The van der Waals surface area contributed by atoms with Crippen molar-refractivity contribution in [3.63, 3.8) is 0 Å². The molecule has 0 bridgehead atoms. The van der Waals surface area contributed by atoms with E-state index in [0.29, 0.717) is 0 Å². The van der Waals surface area contributed by atoms with Crippen LogP contribution in [0.25, 0.3) is 0 Å². The van der Waals surface area contributed by atoms with E-state index < -0.39 is 0 Å². The molecule has 3 rings (SSSR count). The zero-order valence-corrected chi connectivity index (χ0v) is 15.9. The van der Waals surface area contributed by atoms with Gasteiger partial charge in [-0.2, -0.15) is 0 Å². The number of carbonyl (C=O) groups is 2. The first-order chi connectivity index (χ1) is 13.0. The lowest BCUT2D eigenvalue weighted by molar-refractivity contribution is -0.124. The fourth-order valence-corrected chi connectivity index (χ4v) is 3.87. The highest BCUT2D eigenvalue weighted by atomic mass is 19.1. The number of rotatable bonds is 4. The normalized spacial score (nSPS) is 20.1. The Balaban J connectivity index is 1.43. The zero-order valence-electron chi connectivity index (χ0n) is 15.9. The molecule has 1 aliphatic heterocycles. The molecule has 1 saturated carbocycles. The number of amides is 3. The Labute approximate surface area is 160 Å². The van der Waals surface area contributed by atoms with Gasteiger partial charge in [0.05, 0.1) is 6.04 Å². The van der Waals surface area contributed by atoms with Crippen molar-refractivity contribution in [2.75, 3.05) is 31.1 Å². The summed E-state index contributed by atoms with van der Waals surface area (Å²) in [5, 5.41) is 5.40. The molecule has 6 nitrogen and oxygen atoms in total. The summed E-state index contributed by atoms with van der Waals surface area (Å²) in [7, 11) is 0. The minimum atomic E-state index is -0.385. The second kappa shape index (κ2) is 9.17. The molecule has 1 atom stereocenters. The third kappa shape index (κ3) is 5.42. The maximum Gasteiger partial charge on any atom is 0.321 e. The van der Waals surface area contributed by atoms with Gasteiger partial charge < -0.3 is 10.2 Å². The lowest BCUT2D eigenvalue weighted by atomic mass is 9.96. The van der Waals surface area contributed by atoms with Gasteiger partial charge in [0.15, 0.2) is 0 Å². The van der Waals surface area contributed by atoms with Crippen molar-refractivity contribution in [1.82, 2.24) is 15.5 Å². The molecule has 1 aromatic rings. The highest BCUT2D eigenvalue weighted by molar-refractivity contribution is 5.96. The molecular formula is C20H29FN4O2. The fraction of sp³-hybridized carbons (Fsp3) is 0.600. The minimum Gasteiger partial charge on any atom is -0.369 e. The molecular weight excluding hydrogens is 347 g/mol. The van der Waals surface area contributed by atoms with Gasteiger partial charge in [0, 0.05) is 37.9 Å². The Bertz CT molecular complexity index is 638. The van der Waals surface area contributed by atoms with E-state index in [9.17, 15) is 14.0 Å². The van der Waals surface area contributed by atoms with Gasteiger partial charge >= 0.3 is 6.03 Å². The highest BCUT2D eigenvalue weighted by Crippen LogP contribution is 2.18. The van der Waals surface area contributed by atoms with Crippen LogP contribution in [0.1, 0.15) is 39.0 Å². The van der Waals surface area contributed by atoms with E-state index in [0.717, 1.165) is 57.5 Å². The van der Waals surface area contributed by atoms with Gasteiger partial charge in [-0.15, -0.1) is 0 Å². The molecule has 1 saturated heterocycles. The number of hydrogen-bond acceptors (Lipinski definition) is 4. The predicted molar refractivity (Wildman–Crippen MR) is 103 cm³/mol. The molecule has 7 heteroatoms. The summed E-state index contributed by atoms with van der Waals surface area (Å²) in [5.74, 6) is -0.507. The number of benzene rings is 1. The first-order valence-electron chi connectivity index (χ1n) is 9.89. The summed E-state index contributed by atoms with van der Waals surface area (Å²) in [5.41, 5.74) is 0.986. The largest absolute Gasteiger partial charge is 0.369 e. The second-order valence-electron chi connectivity index (χ2n) is 7.47. The maximum absolute atomic E-state index is 13.1. The van der Waals surface area contributed by atoms with Crippen LogP contribution >= 0.6 is 0 Å². The van der Waals surface area contributed by atoms with Crippen molar-refractivity contribution in [2.45, 2.75) is 51.1 Å². The lowest BCUT2D eigenvalue weighted by Gasteiger charge is -2.38. The maximum atomic E-state index is 13.1. The number of piperazine rings is 1. The molecule has 1 heterocycles. The average Bonchev–Trinajstić information content (AvgIpc) is 2.69. The summed E-state index contributed by atoms with van der Waals surface area (Å²) in [6, 6.07) is 5.90. The van der Waals surface area contributed by atoms with Crippen molar-refractivity contribution >= 4 is 17.6 Å². The number of imide groups is 1. The van der Waals surface area contributed by atoms with E-state index in [-0.39, 0.29) is 29.8 Å². The molecule has 27 heavy (non-hydrogen) atoms. The number of urea groups is 1. The third-order valence-corrected chi connectivity index (χ3v) is 5.61. The van der Waals surface area contributed by atoms with Gasteiger partial charge in [-0.3, -0.25) is 15.0 Å². The van der Waals surface area contributed by atoms with Gasteiger partial charge in [-0.1, -0.05) is 19.3 Å². The van der Waals surface area contributed by atoms with E-state index in [1.165, 1.54) is 18.6 Å². The number of nitrogens with one attached hydrogen (secondary N) is 2. The van der Waals surface area contributed by atoms with Crippen LogP contribution in [0.4, 0.5) is 14.9 Å². The van der Waals surface area contributed by atoms with Crippen LogP contribution in [-0.4, -0.2) is 55.1 Å². The van der Waals surface area contributed by atoms with Gasteiger partial charge in [-0.25, -0.2) is 9.18 Å². The summed E-state index contributed by atoms with van der Waals surface area (Å²) < 4.78 is 13.1. The molecule has 2 aliphatic rings. The van der Waals surface area contributed by atoms with Crippen LogP contribution < -0.4 is 15.5 Å². The van der Waals surface area contributed by atoms with Crippen LogP contribution in [0, 0.1) is 5.82 Å². The Morgan fingerprint density at radius 1 is 1.04 bits per heavy atom. The van der Waals surface area contributed by atoms with Crippen molar-refractivity contribution in [3.05, 3.63) is 30.1 Å². The summed E-state index contributed by atoms with van der Waals surface area (Å²) in [4.78, 5) is 28.7. The van der Waals surface area contributed by atoms with E-state index in [1.807, 2.05) is 6.92 Å². The monoisotopic (exact) mass is 376 g/mol. The molecule has 1 unspecified atom stereocenters. The molecule has 0 spiro atoms. The Kier molecular flexibility index (Phi) is 6.66. The van der Waals surface area contributed by atoms with Crippen molar-refractivity contribution < 1.29 is 14.0 Å². The third-order valence-electron chi connectivity index (χ3n) is 5.61. The van der Waals surface area contributed by atoms with Crippen LogP contribution in [0.15, 0.2) is 24.3 Å². The van der Waals surface area contributed by atoms with E-state index in [1.54, 1.807) is 12.1 Å². The Hall–Kier alpha value is -2.15. The molecule has 0 aromatic heterocycles. The summed E-state index contributed by atoms with van der Waals surface area (Å²) in [6.45, 7) is 4.79. The van der Waals surface area contributed by atoms with Crippen molar-refractivity contribution in [2.24, 2.45) is 0 Å². The fourth-order valence-electron chi connectivity index (χ4n) is 3.87. The standard InChI is InChI=1S/C20H29FN4O2/c1-15(19(26)23-20(27)22-17-5-3-2-4-6-17)24-11-13-25(14-12-24)18-9-7-16(21)8-10-18/h7-10,15,17H,2-6,11-14H2,1H3,(H2,22,23,26,27). The SMILES string of the molecule is CC(C(=O)NC(=O)NC1CCCCC1)N1CCN(c2ccc(F)cc2)CC1. The van der Waals surface area contributed by atoms with E-state index >= 15 is 0 Å². The first kappa shape index (κ1) is 19.6.